The fourth-order valence-electron chi connectivity index (χ4n) is 1.06. The number of rotatable bonds is 7. The van der Waals surface area contributed by atoms with Crippen LogP contribution < -0.4 is 0 Å². The van der Waals surface area contributed by atoms with E-state index in [4.69, 9.17) is 9.47 Å². The highest BCUT2D eigenvalue weighted by atomic mass is 16.6. The molecule has 0 spiro atoms. The Morgan fingerprint density at radius 3 is 2.14 bits per heavy atom. The van der Waals surface area contributed by atoms with Gasteiger partial charge in [-0.05, 0) is 19.4 Å². The molecule has 0 aromatic rings. The van der Waals surface area contributed by atoms with Crippen molar-refractivity contribution in [2.75, 3.05) is 14.2 Å². The highest BCUT2D eigenvalue weighted by molar-refractivity contribution is 4.87. The summed E-state index contributed by atoms with van der Waals surface area (Å²) in [5.41, 5.74) is 0. The molecule has 0 fully saturated rings. The van der Waals surface area contributed by atoms with Gasteiger partial charge in [0.2, 0.25) is 0 Å². The quantitative estimate of drug-likeness (QED) is 0.480. The minimum atomic E-state index is -1.30. The van der Waals surface area contributed by atoms with Gasteiger partial charge in [-0.25, -0.2) is 0 Å². The average molecular weight is 204 g/mol. The number of ether oxygens (including phenoxy) is 2. The molecule has 14 heavy (non-hydrogen) atoms. The molecule has 2 unspecified atom stereocenters. The average Bonchev–Trinajstić information content (AvgIpc) is 2.17. The first kappa shape index (κ1) is 13.6. The molecule has 84 valence electrons. The van der Waals surface area contributed by atoms with Crippen molar-refractivity contribution < 1.29 is 19.7 Å². The minimum absolute atomic E-state index is 0.381. The van der Waals surface area contributed by atoms with Gasteiger partial charge in [0.15, 0.2) is 11.6 Å². The summed E-state index contributed by atoms with van der Waals surface area (Å²) >= 11 is 0. The molecular weight excluding hydrogens is 184 g/mol. The van der Waals surface area contributed by atoms with Gasteiger partial charge in [-0.2, -0.15) is 0 Å². The molecule has 4 nitrogen and oxygen atoms in total. The second-order valence-corrected chi connectivity index (χ2v) is 3.49. The summed E-state index contributed by atoms with van der Waals surface area (Å²) in [4.78, 5) is 0. The van der Waals surface area contributed by atoms with Crippen LogP contribution in [0, 0.1) is 0 Å². The van der Waals surface area contributed by atoms with Crippen molar-refractivity contribution in [1.29, 1.82) is 0 Å². The van der Waals surface area contributed by atoms with Crippen molar-refractivity contribution in [2.24, 2.45) is 0 Å². The zero-order chi connectivity index (χ0) is 11.2. The Bertz CT molecular complexity index is 179. The maximum absolute atomic E-state index is 9.64. The molecule has 0 aliphatic carbocycles. The highest BCUT2D eigenvalue weighted by Crippen LogP contribution is 2.20. The van der Waals surface area contributed by atoms with Crippen LogP contribution in [0.25, 0.3) is 0 Å². The van der Waals surface area contributed by atoms with E-state index in [2.05, 4.69) is 6.58 Å². The largest absolute Gasteiger partial charge is 0.366 e. The second kappa shape index (κ2) is 5.46. The Labute approximate surface area is 85.1 Å². The maximum Gasteiger partial charge on any atom is 0.184 e. The molecule has 0 saturated heterocycles. The molecular formula is C10H20O4. The standard InChI is InChI=1S/C10H20O4/c1-5-10(12,14-4)8-6-7-9(2,11)13-3/h5,11-12H,1,6-8H2,2-4H3. The maximum atomic E-state index is 9.64. The third kappa shape index (κ3) is 4.72. The fourth-order valence-corrected chi connectivity index (χ4v) is 1.06. The predicted octanol–water partition coefficient (Wildman–Crippen LogP) is 1.03. The van der Waals surface area contributed by atoms with Gasteiger partial charge in [-0.15, -0.1) is 0 Å². The normalized spacial score (nSPS) is 19.8. The zero-order valence-corrected chi connectivity index (χ0v) is 9.12. The number of hydrogen-bond acceptors (Lipinski definition) is 4. The molecule has 0 aromatic heterocycles. The van der Waals surface area contributed by atoms with Crippen LogP contribution in [0.15, 0.2) is 12.7 Å². The van der Waals surface area contributed by atoms with Gasteiger partial charge >= 0.3 is 0 Å². The molecule has 0 bridgehead atoms. The van der Waals surface area contributed by atoms with E-state index in [0.717, 1.165) is 0 Å². The lowest BCUT2D eigenvalue weighted by molar-refractivity contribution is -0.185. The molecule has 0 aliphatic rings. The summed E-state index contributed by atoms with van der Waals surface area (Å²) in [5.74, 6) is -2.44. The van der Waals surface area contributed by atoms with Crippen LogP contribution in [-0.4, -0.2) is 36.0 Å². The summed E-state index contributed by atoms with van der Waals surface area (Å²) < 4.78 is 9.68. The number of hydrogen-bond donors (Lipinski definition) is 2. The zero-order valence-electron chi connectivity index (χ0n) is 9.12. The van der Waals surface area contributed by atoms with E-state index in [1.165, 1.54) is 20.3 Å². The van der Waals surface area contributed by atoms with Crippen LogP contribution >= 0.6 is 0 Å². The first-order valence-corrected chi connectivity index (χ1v) is 4.58. The minimum Gasteiger partial charge on any atom is -0.366 e. The molecule has 0 radical (unpaired) electrons. The third-order valence-corrected chi connectivity index (χ3v) is 2.29. The lowest BCUT2D eigenvalue weighted by Gasteiger charge is -2.25. The van der Waals surface area contributed by atoms with E-state index in [1.807, 2.05) is 0 Å². The van der Waals surface area contributed by atoms with Crippen molar-refractivity contribution in [3.05, 3.63) is 12.7 Å². The lowest BCUT2D eigenvalue weighted by Crippen LogP contribution is -2.31. The summed E-state index contributed by atoms with van der Waals surface area (Å²) in [6, 6.07) is 0. The summed E-state index contributed by atoms with van der Waals surface area (Å²) in [6.45, 7) is 5.05. The van der Waals surface area contributed by atoms with Gasteiger partial charge in [-0.3, -0.25) is 0 Å². The number of aliphatic hydroxyl groups is 2. The van der Waals surface area contributed by atoms with Gasteiger partial charge < -0.3 is 19.7 Å². The Morgan fingerprint density at radius 2 is 1.79 bits per heavy atom. The van der Waals surface area contributed by atoms with E-state index in [1.54, 1.807) is 6.92 Å². The number of methoxy groups -OCH3 is 2. The predicted molar refractivity (Wildman–Crippen MR) is 53.6 cm³/mol. The molecule has 2 N–H and O–H groups in total. The summed E-state index contributed by atoms with van der Waals surface area (Å²) in [6.07, 6.45) is 2.74. The second-order valence-electron chi connectivity index (χ2n) is 3.49. The Kier molecular flexibility index (Phi) is 5.29. The summed E-state index contributed by atoms with van der Waals surface area (Å²) in [7, 11) is 2.85. The molecule has 0 rings (SSSR count). The van der Waals surface area contributed by atoms with Crippen LogP contribution in [0.3, 0.4) is 0 Å². The van der Waals surface area contributed by atoms with Gasteiger partial charge in [0.1, 0.15) is 0 Å². The molecule has 4 heteroatoms. The first-order valence-electron chi connectivity index (χ1n) is 4.58. The lowest BCUT2D eigenvalue weighted by atomic mass is 10.0. The van der Waals surface area contributed by atoms with Crippen molar-refractivity contribution >= 4 is 0 Å². The van der Waals surface area contributed by atoms with E-state index in [-0.39, 0.29) is 0 Å². The topological polar surface area (TPSA) is 58.9 Å². The molecule has 0 amide bonds. The van der Waals surface area contributed by atoms with E-state index in [9.17, 15) is 10.2 Å². The van der Waals surface area contributed by atoms with Crippen molar-refractivity contribution in [3.63, 3.8) is 0 Å². The van der Waals surface area contributed by atoms with E-state index in [0.29, 0.717) is 19.3 Å². The Hall–Kier alpha value is -0.420. The smallest absolute Gasteiger partial charge is 0.184 e. The molecule has 0 heterocycles. The van der Waals surface area contributed by atoms with Crippen LogP contribution in [0.5, 0.6) is 0 Å². The molecule has 0 aromatic carbocycles. The monoisotopic (exact) mass is 204 g/mol. The summed E-state index contributed by atoms with van der Waals surface area (Å²) in [5, 5.41) is 19.1. The Morgan fingerprint density at radius 1 is 1.21 bits per heavy atom. The van der Waals surface area contributed by atoms with Crippen LogP contribution in [0.4, 0.5) is 0 Å². The fraction of sp³-hybridized carbons (Fsp3) is 0.800. The molecule has 0 aliphatic heterocycles. The third-order valence-electron chi connectivity index (χ3n) is 2.29. The Balaban J connectivity index is 3.89. The van der Waals surface area contributed by atoms with Crippen molar-refractivity contribution in [2.45, 2.75) is 37.8 Å². The van der Waals surface area contributed by atoms with E-state index >= 15 is 0 Å². The molecule has 0 saturated carbocycles. The van der Waals surface area contributed by atoms with Gasteiger partial charge in [0.25, 0.3) is 0 Å². The SMILES string of the molecule is C=CC(O)(CCCC(C)(O)OC)OC. The van der Waals surface area contributed by atoms with Crippen molar-refractivity contribution in [1.82, 2.24) is 0 Å². The van der Waals surface area contributed by atoms with Gasteiger partial charge in [0, 0.05) is 27.1 Å². The highest BCUT2D eigenvalue weighted by Gasteiger charge is 2.24. The van der Waals surface area contributed by atoms with Gasteiger partial charge in [0.05, 0.1) is 0 Å². The molecule has 2 atom stereocenters. The van der Waals surface area contributed by atoms with Gasteiger partial charge in [-0.1, -0.05) is 6.58 Å². The van der Waals surface area contributed by atoms with E-state index < -0.39 is 11.6 Å². The van der Waals surface area contributed by atoms with Crippen molar-refractivity contribution in [3.8, 4) is 0 Å². The van der Waals surface area contributed by atoms with Crippen LogP contribution in [0.2, 0.25) is 0 Å². The first-order chi connectivity index (χ1) is 6.39. The van der Waals surface area contributed by atoms with Crippen LogP contribution in [-0.2, 0) is 9.47 Å². The van der Waals surface area contributed by atoms with Crippen LogP contribution in [0.1, 0.15) is 26.2 Å².